The van der Waals surface area contributed by atoms with Crippen molar-refractivity contribution in [3.8, 4) is 0 Å². The third kappa shape index (κ3) is 4.36. The molecule has 4 aromatic carbocycles. The van der Waals surface area contributed by atoms with Crippen LogP contribution in [0.4, 0.5) is 0 Å². The van der Waals surface area contributed by atoms with Crippen molar-refractivity contribution >= 4 is 11.9 Å². The molecule has 2 bridgehead atoms. The molecular weight excluding hydrogens is 520 g/mol. The zero-order valence-corrected chi connectivity index (χ0v) is 24.4. The first-order valence-corrected chi connectivity index (χ1v) is 15.3. The van der Waals surface area contributed by atoms with Gasteiger partial charge in [0.15, 0.2) is 12.2 Å². The maximum absolute atomic E-state index is 13.9. The Balaban J connectivity index is 1.62. The largest absolute Gasteiger partial charge is 0.453 e. The number of benzene rings is 4. The molecule has 0 radical (unpaired) electrons. The predicted octanol–water partition coefficient (Wildman–Crippen LogP) is 8.42. The molecule has 0 fully saturated rings. The number of hydrogen-bond acceptors (Lipinski definition) is 4. The molecule has 0 aliphatic heterocycles. The SMILES string of the molecule is CCCCC12c3ccccc3C(CCCC)(c3ccccc31)C(OC(=O)c1ccccc1)C2OC(=O)c1ccccc1. The van der Waals surface area contributed by atoms with Gasteiger partial charge in [-0.15, -0.1) is 0 Å². The Bertz CT molecular complexity index is 1390. The van der Waals surface area contributed by atoms with E-state index in [-0.39, 0.29) is 0 Å². The van der Waals surface area contributed by atoms with Crippen molar-refractivity contribution in [1.82, 2.24) is 0 Å². The van der Waals surface area contributed by atoms with Crippen molar-refractivity contribution in [3.63, 3.8) is 0 Å². The molecule has 0 N–H and O–H groups in total. The van der Waals surface area contributed by atoms with Gasteiger partial charge in [0.2, 0.25) is 0 Å². The number of hydrogen-bond donors (Lipinski definition) is 0. The lowest BCUT2D eigenvalue weighted by Crippen LogP contribution is -2.68. The highest BCUT2D eigenvalue weighted by atomic mass is 16.6. The molecule has 4 heteroatoms. The minimum absolute atomic E-state index is 0.398. The van der Waals surface area contributed by atoms with Crippen LogP contribution in [0.3, 0.4) is 0 Å². The fourth-order valence-electron chi connectivity index (χ4n) is 7.52. The van der Waals surface area contributed by atoms with E-state index in [0.29, 0.717) is 11.1 Å². The molecule has 0 saturated heterocycles. The molecule has 3 aliphatic carbocycles. The highest BCUT2D eigenvalue weighted by Gasteiger charge is 2.68. The van der Waals surface area contributed by atoms with Crippen LogP contribution < -0.4 is 0 Å². The van der Waals surface area contributed by atoms with Gasteiger partial charge < -0.3 is 9.47 Å². The van der Waals surface area contributed by atoms with Crippen molar-refractivity contribution < 1.29 is 19.1 Å². The summed E-state index contributed by atoms with van der Waals surface area (Å²) in [4.78, 5) is 27.8. The Kier molecular flexibility index (Phi) is 7.72. The van der Waals surface area contributed by atoms with E-state index in [1.54, 1.807) is 24.3 Å². The van der Waals surface area contributed by atoms with Gasteiger partial charge in [-0.2, -0.15) is 0 Å². The van der Waals surface area contributed by atoms with E-state index >= 15 is 0 Å². The molecule has 0 amide bonds. The maximum atomic E-state index is 13.9. The van der Waals surface area contributed by atoms with Crippen LogP contribution in [0.15, 0.2) is 109 Å². The number of unbranched alkanes of at least 4 members (excludes halogenated alkanes) is 2. The Hall–Kier alpha value is -4.18. The van der Waals surface area contributed by atoms with Crippen LogP contribution in [0.25, 0.3) is 0 Å². The summed E-state index contributed by atoms with van der Waals surface area (Å²) in [7, 11) is 0. The molecule has 4 nitrogen and oxygen atoms in total. The molecule has 4 aromatic rings. The average molecular weight is 559 g/mol. The van der Waals surface area contributed by atoms with E-state index in [9.17, 15) is 9.59 Å². The quantitative estimate of drug-likeness (QED) is 0.183. The van der Waals surface area contributed by atoms with E-state index in [0.717, 1.165) is 38.5 Å². The van der Waals surface area contributed by atoms with Crippen molar-refractivity contribution in [3.05, 3.63) is 143 Å². The van der Waals surface area contributed by atoms with Crippen molar-refractivity contribution in [1.29, 1.82) is 0 Å². The lowest BCUT2D eigenvalue weighted by molar-refractivity contribution is -0.101. The lowest BCUT2D eigenvalue weighted by atomic mass is 9.44. The highest BCUT2D eigenvalue weighted by Crippen LogP contribution is 2.64. The van der Waals surface area contributed by atoms with Crippen LogP contribution in [-0.2, 0) is 20.3 Å². The van der Waals surface area contributed by atoms with Gasteiger partial charge in [0.25, 0.3) is 0 Å². The molecule has 2 atom stereocenters. The summed E-state index contributed by atoms with van der Waals surface area (Å²) in [6.45, 7) is 4.37. The van der Waals surface area contributed by atoms with Gasteiger partial charge in [-0.25, -0.2) is 9.59 Å². The second kappa shape index (κ2) is 11.6. The zero-order chi connectivity index (χ0) is 29.2. The first kappa shape index (κ1) is 28.0. The van der Waals surface area contributed by atoms with Crippen LogP contribution in [0.2, 0.25) is 0 Å². The monoisotopic (exact) mass is 558 g/mol. The second-order valence-electron chi connectivity index (χ2n) is 11.6. The van der Waals surface area contributed by atoms with Crippen LogP contribution >= 0.6 is 0 Å². The number of rotatable bonds is 10. The fourth-order valence-corrected chi connectivity index (χ4v) is 7.52. The molecular formula is C38H38O4. The summed E-state index contributed by atoms with van der Waals surface area (Å²) in [6, 6.07) is 35.5. The van der Waals surface area contributed by atoms with Gasteiger partial charge in [0, 0.05) is 0 Å². The van der Waals surface area contributed by atoms with Crippen LogP contribution in [0, 0.1) is 0 Å². The van der Waals surface area contributed by atoms with Gasteiger partial charge in [-0.1, -0.05) is 124 Å². The first-order chi connectivity index (χ1) is 20.6. The van der Waals surface area contributed by atoms with E-state index in [1.807, 2.05) is 36.4 Å². The summed E-state index contributed by atoms with van der Waals surface area (Å²) in [5.41, 5.74) is 4.39. The molecule has 0 aromatic heterocycles. The summed E-state index contributed by atoms with van der Waals surface area (Å²) in [5.74, 6) is -0.796. The Labute approximate surface area is 248 Å². The van der Waals surface area contributed by atoms with Crippen LogP contribution in [0.5, 0.6) is 0 Å². The number of carbonyl (C=O) groups is 2. The molecule has 7 rings (SSSR count). The number of fused-ring (bicyclic) bond motifs is 1. The van der Waals surface area contributed by atoms with Crippen molar-refractivity contribution in [2.45, 2.75) is 75.4 Å². The van der Waals surface area contributed by atoms with E-state index in [4.69, 9.17) is 9.47 Å². The summed E-state index contributed by atoms with van der Waals surface area (Å²) >= 11 is 0. The lowest BCUT2D eigenvalue weighted by Gasteiger charge is -2.62. The fraction of sp³-hybridized carbons (Fsp3) is 0.316. The van der Waals surface area contributed by atoms with Crippen molar-refractivity contribution in [2.75, 3.05) is 0 Å². The highest BCUT2D eigenvalue weighted by molar-refractivity contribution is 5.91. The van der Waals surface area contributed by atoms with Gasteiger partial charge in [0.1, 0.15) is 0 Å². The van der Waals surface area contributed by atoms with E-state index in [2.05, 4.69) is 62.4 Å². The number of ether oxygens (including phenoxy) is 2. The van der Waals surface area contributed by atoms with Gasteiger partial charge >= 0.3 is 11.9 Å². The zero-order valence-electron chi connectivity index (χ0n) is 24.4. The molecule has 42 heavy (non-hydrogen) atoms. The molecule has 2 unspecified atom stereocenters. The minimum Gasteiger partial charge on any atom is -0.453 e. The van der Waals surface area contributed by atoms with Crippen LogP contribution in [-0.4, -0.2) is 24.1 Å². The summed E-state index contributed by atoms with van der Waals surface area (Å²) in [6.07, 6.45) is 3.98. The van der Waals surface area contributed by atoms with Gasteiger partial charge in [-0.05, 0) is 59.4 Å². The molecule has 214 valence electrons. The topological polar surface area (TPSA) is 52.6 Å². The van der Waals surface area contributed by atoms with Gasteiger partial charge in [-0.3, -0.25) is 0 Å². The summed E-state index contributed by atoms with van der Waals surface area (Å²) < 4.78 is 13.3. The second-order valence-corrected chi connectivity index (χ2v) is 11.6. The molecule has 0 heterocycles. The normalized spacial score (nSPS) is 23.5. The summed E-state index contributed by atoms with van der Waals surface area (Å²) in [5, 5.41) is 0. The predicted molar refractivity (Wildman–Crippen MR) is 165 cm³/mol. The minimum atomic E-state index is -0.703. The Morgan fingerprint density at radius 3 is 1.14 bits per heavy atom. The van der Waals surface area contributed by atoms with E-state index in [1.165, 1.54) is 22.3 Å². The maximum Gasteiger partial charge on any atom is 0.338 e. The van der Waals surface area contributed by atoms with Gasteiger partial charge in [0.05, 0.1) is 22.0 Å². The van der Waals surface area contributed by atoms with Crippen molar-refractivity contribution in [2.24, 2.45) is 0 Å². The number of carbonyl (C=O) groups excluding carboxylic acids is 2. The van der Waals surface area contributed by atoms with Crippen LogP contribution in [0.1, 0.15) is 95.3 Å². The number of esters is 2. The Morgan fingerprint density at radius 2 is 0.833 bits per heavy atom. The third-order valence-electron chi connectivity index (χ3n) is 9.36. The standard InChI is InChI=1S/C38H38O4/c1-3-5-25-37-29-21-13-15-23-31(29)38(26-6-4-2,32-24-16-14-22-30(32)37)34(42-36(40)28-19-11-8-12-20-28)33(37)41-35(39)27-17-9-7-10-18-27/h7-24,33-34H,3-6,25-26H2,1-2H3. The smallest absolute Gasteiger partial charge is 0.338 e. The molecule has 0 spiro atoms. The van der Waals surface area contributed by atoms with E-state index < -0.39 is 35.0 Å². The molecule has 3 aliphatic rings. The Morgan fingerprint density at radius 1 is 0.524 bits per heavy atom. The first-order valence-electron chi connectivity index (χ1n) is 15.3. The average Bonchev–Trinajstić information content (AvgIpc) is 3.05. The molecule has 0 saturated carbocycles. The third-order valence-corrected chi connectivity index (χ3v) is 9.36.